The van der Waals surface area contributed by atoms with Gasteiger partial charge in [-0.15, -0.1) is 35.3 Å². The lowest BCUT2D eigenvalue weighted by molar-refractivity contribution is -0.130. The quantitative estimate of drug-likeness (QED) is 0.338. The van der Waals surface area contributed by atoms with Crippen molar-refractivity contribution in [1.29, 1.82) is 0 Å². The molecule has 0 radical (unpaired) electrons. The number of halogens is 1. The van der Waals surface area contributed by atoms with Crippen LogP contribution in [-0.2, 0) is 11.2 Å². The highest BCUT2D eigenvalue weighted by molar-refractivity contribution is 14.0. The molecule has 2 N–H and O–H groups in total. The maximum Gasteiger partial charge on any atom is 0.219 e. The van der Waals surface area contributed by atoms with Gasteiger partial charge in [0, 0.05) is 68.4 Å². The van der Waals surface area contributed by atoms with E-state index in [1.807, 2.05) is 16.2 Å². The van der Waals surface area contributed by atoms with Crippen LogP contribution in [0.3, 0.4) is 0 Å². The molecule has 2 rings (SSSR count). The van der Waals surface area contributed by atoms with Gasteiger partial charge in [-0.25, -0.2) is 0 Å². The molecule has 1 aromatic rings. The van der Waals surface area contributed by atoms with Gasteiger partial charge in [0.1, 0.15) is 0 Å². The Kier molecular flexibility index (Phi) is 11.2. The minimum absolute atomic E-state index is 0. The fourth-order valence-corrected chi connectivity index (χ4v) is 4.11. The Labute approximate surface area is 184 Å². The third-order valence-electron chi connectivity index (χ3n) is 4.53. The van der Waals surface area contributed by atoms with Crippen molar-refractivity contribution < 1.29 is 4.79 Å². The number of rotatable bonds is 7. The molecule has 1 atom stereocenters. The van der Waals surface area contributed by atoms with Crippen LogP contribution in [0.2, 0.25) is 0 Å². The van der Waals surface area contributed by atoms with Gasteiger partial charge in [0.05, 0.1) is 6.54 Å². The van der Waals surface area contributed by atoms with E-state index in [4.69, 9.17) is 4.99 Å². The van der Waals surface area contributed by atoms with Crippen LogP contribution in [0.4, 0.5) is 0 Å². The zero-order valence-electron chi connectivity index (χ0n) is 17.0. The molecule has 154 valence electrons. The predicted octanol–water partition coefficient (Wildman–Crippen LogP) is 2.32. The highest BCUT2D eigenvalue weighted by atomic mass is 127. The van der Waals surface area contributed by atoms with Gasteiger partial charge in [0.25, 0.3) is 0 Å². The molecular weight excluding hydrogens is 473 g/mol. The van der Waals surface area contributed by atoms with Crippen molar-refractivity contribution in [2.75, 3.05) is 45.8 Å². The van der Waals surface area contributed by atoms with E-state index in [9.17, 15) is 4.79 Å². The lowest BCUT2D eigenvalue weighted by Gasteiger charge is -2.33. The molecule has 1 saturated heterocycles. The molecule has 1 aliphatic heterocycles. The number of hydrogen-bond donors (Lipinski definition) is 2. The summed E-state index contributed by atoms with van der Waals surface area (Å²) >= 11 is 1.86. The monoisotopic (exact) mass is 507 g/mol. The number of nitrogens with zero attached hydrogens (tertiary/aromatic N) is 3. The van der Waals surface area contributed by atoms with Gasteiger partial charge in [-0.2, -0.15) is 0 Å². The molecule has 1 fully saturated rings. The van der Waals surface area contributed by atoms with Crippen LogP contribution in [0.15, 0.2) is 17.1 Å². The molecule has 0 aromatic carbocycles. The Balaban J connectivity index is 0.00000364. The van der Waals surface area contributed by atoms with Crippen LogP contribution in [0.25, 0.3) is 0 Å². The molecule has 1 unspecified atom stereocenters. The second-order valence-corrected chi connectivity index (χ2v) is 8.24. The average molecular weight is 507 g/mol. The summed E-state index contributed by atoms with van der Waals surface area (Å²) in [6.07, 6.45) is 1.01. The summed E-state index contributed by atoms with van der Waals surface area (Å²) in [7, 11) is 0. The summed E-state index contributed by atoms with van der Waals surface area (Å²) in [5, 5.41) is 6.84. The summed E-state index contributed by atoms with van der Waals surface area (Å²) < 4.78 is 0. The Morgan fingerprint density at radius 1 is 1.30 bits per heavy atom. The van der Waals surface area contributed by atoms with Crippen molar-refractivity contribution in [3.8, 4) is 0 Å². The van der Waals surface area contributed by atoms with Gasteiger partial charge in [-0.05, 0) is 32.9 Å². The van der Waals surface area contributed by atoms with E-state index < -0.39 is 0 Å². The van der Waals surface area contributed by atoms with Crippen LogP contribution < -0.4 is 10.6 Å². The van der Waals surface area contributed by atoms with Gasteiger partial charge < -0.3 is 15.5 Å². The zero-order valence-corrected chi connectivity index (χ0v) is 20.1. The summed E-state index contributed by atoms with van der Waals surface area (Å²) in [6, 6.07) is 4.73. The number of amides is 1. The molecule has 1 amide bonds. The van der Waals surface area contributed by atoms with E-state index in [-0.39, 0.29) is 29.9 Å². The van der Waals surface area contributed by atoms with Crippen molar-refractivity contribution in [3.05, 3.63) is 21.9 Å². The van der Waals surface area contributed by atoms with Gasteiger partial charge in [-0.3, -0.25) is 14.7 Å². The summed E-state index contributed by atoms with van der Waals surface area (Å²) in [4.78, 5) is 23.2. The molecule has 8 heteroatoms. The molecule has 0 bridgehead atoms. The fraction of sp³-hybridized carbons (Fsp3) is 0.684. The standard InChI is InChI=1S/C19H33N5OS.HI/c1-5-20-19(22-15(2)14-18-7-6-16(3)26-18)21-8-9-23-10-12-24(13-11-23)17(4)25;/h6-7,15H,5,8-14H2,1-4H3,(H2,20,21,22);1H. The lowest BCUT2D eigenvalue weighted by atomic mass is 10.2. The number of guanidine groups is 1. The third kappa shape index (κ3) is 8.78. The first kappa shape index (κ1) is 24.2. The van der Waals surface area contributed by atoms with Crippen LogP contribution in [0.5, 0.6) is 0 Å². The van der Waals surface area contributed by atoms with Crippen LogP contribution in [-0.4, -0.2) is 73.5 Å². The summed E-state index contributed by atoms with van der Waals surface area (Å²) in [6.45, 7) is 14.2. The van der Waals surface area contributed by atoms with E-state index in [1.54, 1.807) is 6.92 Å². The maximum atomic E-state index is 11.4. The van der Waals surface area contributed by atoms with E-state index in [0.717, 1.165) is 58.2 Å². The van der Waals surface area contributed by atoms with Crippen molar-refractivity contribution in [2.45, 2.75) is 40.2 Å². The Morgan fingerprint density at radius 2 is 2.00 bits per heavy atom. The van der Waals surface area contributed by atoms with Crippen LogP contribution >= 0.6 is 35.3 Å². The normalized spacial score (nSPS) is 16.6. The van der Waals surface area contributed by atoms with Crippen molar-refractivity contribution in [1.82, 2.24) is 20.4 Å². The second kappa shape index (κ2) is 12.6. The van der Waals surface area contributed by atoms with E-state index >= 15 is 0 Å². The minimum atomic E-state index is 0. The van der Waals surface area contributed by atoms with Gasteiger partial charge in [0.2, 0.25) is 5.91 Å². The van der Waals surface area contributed by atoms with Gasteiger partial charge in [-0.1, -0.05) is 0 Å². The zero-order chi connectivity index (χ0) is 18.9. The second-order valence-electron chi connectivity index (χ2n) is 6.87. The van der Waals surface area contributed by atoms with Crippen molar-refractivity contribution in [2.24, 2.45) is 4.99 Å². The molecule has 0 aliphatic carbocycles. The largest absolute Gasteiger partial charge is 0.357 e. The predicted molar refractivity (Wildman–Crippen MR) is 125 cm³/mol. The summed E-state index contributed by atoms with van der Waals surface area (Å²) in [5.74, 6) is 1.06. The number of carbonyl (C=O) groups excluding carboxylic acids is 1. The molecule has 27 heavy (non-hydrogen) atoms. The topological polar surface area (TPSA) is 60.0 Å². The van der Waals surface area contributed by atoms with Crippen molar-refractivity contribution >= 4 is 47.2 Å². The maximum absolute atomic E-state index is 11.4. The number of thiophene rings is 1. The minimum Gasteiger partial charge on any atom is -0.357 e. The molecular formula is C19H34IN5OS. The number of aliphatic imine (C=N–C) groups is 1. The fourth-order valence-electron chi connectivity index (χ4n) is 3.09. The number of carbonyl (C=O) groups is 1. The molecule has 6 nitrogen and oxygen atoms in total. The molecule has 1 aromatic heterocycles. The number of nitrogens with one attached hydrogen (secondary N) is 2. The van der Waals surface area contributed by atoms with Gasteiger partial charge in [0.15, 0.2) is 5.96 Å². The Morgan fingerprint density at radius 3 is 2.56 bits per heavy atom. The van der Waals surface area contributed by atoms with E-state index in [0.29, 0.717) is 6.04 Å². The van der Waals surface area contributed by atoms with E-state index in [1.165, 1.54) is 9.75 Å². The highest BCUT2D eigenvalue weighted by Crippen LogP contribution is 2.16. The van der Waals surface area contributed by atoms with Crippen LogP contribution in [0, 0.1) is 6.92 Å². The SMILES string of the molecule is CCNC(=NCCN1CCN(C(C)=O)CC1)NC(C)Cc1ccc(C)s1.I. The Bertz CT molecular complexity index is 599. The number of hydrogen-bond acceptors (Lipinski definition) is 4. The van der Waals surface area contributed by atoms with Crippen molar-refractivity contribution in [3.63, 3.8) is 0 Å². The highest BCUT2D eigenvalue weighted by Gasteiger charge is 2.17. The molecule has 0 spiro atoms. The number of aryl methyl sites for hydroxylation is 1. The first-order chi connectivity index (χ1) is 12.5. The third-order valence-corrected chi connectivity index (χ3v) is 5.56. The molecule has 0 saturated carbocycles. The summed E-state index contributed by atoms with van der Waals surface area (Å²) in [5.41, 5.74) is 0. The first-order valence-corrected chi connectivity index (χ1v) is 10.4. The number of piperazine rings is 1. The molecule has 2 heterocycles. The van der Waals surface area contributed by atoms with Gasteiger partial charge >= 0.3 is 0 Å². The van der Waals surface area contributed by atoms with Crippen LogP contribution in [0.1, 0.15) is 30.5 Å². The van der Waals surface area contributed by atoms with E-state index in [2.05, 4.69) is 48.4 Å². The molecule has 1 aliphatic rings. The smallest absolute Gasteiger partial charge is 0.219 e. The Hall–Kier alpha value is -0.870. The lowest BCUT2D eigenvalue weighted by Crippen LogP contribution is -2.48. The first-order valence-electron chi connectivity index (χ1n) is 9.56. The average Bonchev–Trinajstić information content (AvgIpc) is 3.00.